The number of aldehydes is 1. The standard InChI is InChI=1S/C14H10BrFO2/c15-12-5-10(6-13(16)7-12)9-18-14-4-2-1-3-11(14)8-17/h1-8H,9H2. The third kappa shape index (κ3) is 3.17. The number of ether oxygens (including phenoxy) is 1. The summed E-state index contributed by atoms with van der Waals surface area (Å²) < 4.78 is 19.3. The van der Waals surface area contributed by atoms with Crippen LogP contribution in [0.1, 0.15) is 15.9 Å². The lowest BCUT2D eigenvalue weighted by Crippen LogP contribution is -1.98. The van der Waals surface area contributed by atoms with Crippen molar-refractivity contribution >= 4 is 22.2 Å². The Balaban J connectivity index is 2.13. The van der Waals surface area contributed by atoms with Gasteiger partial charge in [0.05, 0.1) is 5.56 Å². The number of rotatable bonds is 4. The first-order chi connectivity index (χ1) is 8.69. The highest BCUT2D eigenvalue weighted by atomic mass is 79.9. The molecule has 18 heavy (non-hydrogen) atoms. The molecule has 0 spiro atoms. The van der Waals surface area contributed by atoms with E-state index < -0.39 is 0 Å². The highest BCUT2D eigenvalue weighted by Crippen LogP contribution is 2.19. The first-order valence-corrected chi connectivity index (χ1v) is 6.10. The highest BCUT2D eigenvalue weighted by molar-refractivity contribution is 9.10. The van der Waals surface area contributed by atoms with Gasteiger partial charge in [-0.25, -0.2) is 4.39 Å². The van der Waals surface area contributed by atoms with Gasteiger partial charge in [0, 0.05) is 4.47 Å². The average Bonchev–Trinajstić information content (AvgIpc) is 2.35. The Morgan fingerprint density at radius 3 is 2.72 bits per heavy atom. The molecule has 0 aliphatic heterocycles. The Kier molecular flexibility index (Phi) is 4.10. The van der Waals surface area contributed by atoms with Crippen molar-refractivity contribution in [2.45, 2.75) is 6.61 Å². The van der Waals surface area contributed by atoms with Gasteiger partial charge in [-0.1, -0.05) is 28.1 Å². The number of hydrogen-bond acceptors (Lipinski definition) is 2. The molecule has 4 heteroatoms. The summed E-state index contributed by atoms with van der Waals surface area (Å²) in [6.45, 7) is 0.210. The lowest BCUT2D eigenvalue weighted by molar-refractivity contribution is 0.111. The van der Waals surface area contributed by atoms with Gasteiger partial charge in [0.25, 0.3) is 0 Å². The quantitative estimate of drug-likeness (QED) is 0.799. The van der Waals surface area contributed by atoms with Gasteiger partial charge >= 0.3 is 0 Å². The van der Waals surface area contributed by atoms with E-state index >= 15 is 0 Å². The van der Waals surface area contributed by atoms with E-state index in [0.29, 0.717) is 21.3 Å². The number of carbonyl (C=O) groups excluding carboxylic acids is 1. The van der Waals surface area contributed by atoms with E-state index in [4.69, 9.17) is 4.74 Å². The topological polar surface area (TPSA) is 26.3 Å². The maximum absolute atomic E-state index is 13.2. The van der Waals surface area contributed by atoms with Crippen LogP contribution in [0.5, 0.6) is 5.75 Å². The largest absolute Gasteiger partial charge is 0.488 e. The van der Waals surface area contributed by atoms with Crippen LogP contribution in [-0.4, -0.2) is 6.29 Å². The highest BCUT2D eigenvalue weighted by Gasteiger charge is 2.03. The maximum atomic E-state index is 13.2. The van der Waals surface area contributed by atoms with Gasteiger partial charge in [-0.05, 0) is 35.9 Å². The summed E-state index contributed by atoms with van der Waals surface area (Å²) in [6.07, 6.45) is 0.733. The van der Waals surface area contributed by atoms with Crippen molar-refractivity contribution in [3.63, 3.8) is 0 Å². The minimum absolute atomic E-state index is 0.210. The lowest BCUT2D eigenvalue weighted by atomic mass is 10.2. The van der Waals surface area contributed by atoms with E-state index in [0.717, 1.165) is 6.29 Å². The molecule has 2 aromatic rings. The van der Waals surface area contributed by atoms with Crippen LogP contribution in [0.2, 0.25) is 0 Å². The molecular weight excluding hydrogens is 299 g/mol. The summed E-state index contributed by atoms with van der Waals surface area (Å²) in [5.74, 6) is 0.166. The van der Waals surface area contributed by atoms with E-state index in [2.05, 4.69) is 15.9 Å². The lowest BCUT2D eigenvalue weighted by Gasteiger charge is -2.08. The molecule has 0 radical (unpaired) electrons. The Hall–Kier alpha value is -1.68. The summed E-state index contributed by atoms with van der Waals surface area (Å²) in [5.41, 5.74) is 1.18. The van der Waals surface area contributed by atoms with Crippen LogP contribution in [-0.2, 0) is 6.61 Å². The van der Waals surface area contributed by atoms with E-state index in [1.807, 2.05) is 0 Å². The minimum Gasteiger partial charge on any atom is -0.488 e. The third-order valence-electron chi connectivity index (χ3n) is 2.36. The van der Waals surface area contributed by atoms with Crippen molar-refractivity contribution in [1.82, 2.24) is 0 Å². The first kappa shape index (κ1) is 12.8. The molecule has 0 bridgehead atoms. The molecule has 0 aliphatic carbocycles. The van der Waals surface area contributed by atoms with Crippen molar-refractivity contribution in [3.05, 3.63) is 63.9 Å². The molecule has 0 amide bonds. The second kappa shape index (κ2) is 5.78. The van der Waals surface area contributed by atoms with E-state index in [1.165, 1.54) is 12.1 Å². The second-order valence-electron chi connectivity index (χ2n) is 3.72. The molecule has 0 unspecified atom stereocenters. The zero-order valence-corrected chi connectivity index (χ0v) is 11.0. The van der Waals surface area contributed by atoms with Gasteiger partial charge in [-0.15, -0.1) is 0 Å². The molecule has 0 saturated carbocycles. The van der Waals surface area contributed by atoms with Crippen LogP contribution in [0, 0.1) is 5.82 Å². The number of benzene rings is 2. The molecule has 0 aliphatic rings. The fourth-order valence-corrected chi connectivity index (χ4v) is 2.08. The Labute approximate surface area is 113 Å². The maximum Gasteiger partial charge on any atom is 0.153 e. The molecule has 2 rings (SSSR count). The predicted octanol–water partition coefficient (Wildman–Crippen LogP) is 3.98. The fourth-order valence-electron chi connectivity index (χ4n) is 1.56. The van der Waals surface area contributed by atoms with Crippen LogP contribution in [0.4, 0.5) is 4.39 Å². The van der Waals surface area contributed by atoms with Crippen LogP contribution < -0.4 is 4.74 Å². The van der Waals surface area contributed by atoms with Crippen molar-refractivity contribution < 1.29 is 13.9 Å². The molecule has 0 N–H and O–H groups in total. The fraction of sp³-hybridized carbons (Fsp3) is 0.0714. The van der Waals surface area contributed by atoms with Gasteiger partial charge < -0.3 is 4.74 Å². The Bertz CT molecular complexity index is 549. The Morgan fingerprint density at radius 1 is 1.22 bits per heavy atom. The van der Waals surface area contributed by atoms with Gasteiger partial charge in [-0.3, -0.25) is 4.79 Å². The predicted molar refractivity (Wildman–Crippen MR) is 70.3 cm³/mol. The first-order valence-electron chi connectivity index (χ1n) is 5.31. The van der Waals surface area contributed by atoms with Gasteiger partial charge in [0.1, 0.15) is 18.2 Å². The number of halogens is 2. The molecular formula is C14H10BrFO2. The molecule has 2 nitrogen and oxygen atoms in total. The van der Waals surface area contributed by atoms with Crippen LogP contribution in [0.15, 0.2) is 46.9 Å². The number of carbonyl (C=O) groups is 1. The zero-order chi connectivity index (χ0) is 13.0. The molecule has 0 atom stereocenters. The number of para-hydroxylation sites is 1. The van der Waals surface area contributed by atoms with Gasteiger partial charge in [0.2, 0.25) is 0 Å². The molecule has 0 aromatic heterocycles. The van der Waals surface area contributed by atoms with E-state index in [1.54, 1.807) is 30.3 Å². The van der Waals surface area contributed by atoms with Crippen molar-refractivity contribution in [2.75, 3.05) is 0 Å². The monoisotopic (exact) mass is 308 g/mol. The normalized spacial score (nSPS) is 10.1. The van der Waals surface area contributed by atoms with Crippen molar-refractivity contribution in [2.24, 2.45) is 0 Å². The SMILES string of the molecule is O=Cc1ccccc1OCc1cc(F)cc(Br)c1. The Morgan fingerprint density at radius 2 is 2.00 bits per heavy atom. The van der Waals surface area contributed by atoms with Gasteiger partial charge in [0.15, 0.2) is 6.29 Å². The smallest absolute Gasteiger partial charge is 0.153 e. The van der Waals surface area contributed by atoms with E-state index in [-0.39, 0.29) is 12.4 Å². The van der Waals surface area contributed by atoms with Crippen LogP contribution >= 0.6 is 15.9 Å². The van der Waals surface area contributed by atoms with Crippen molar-refractivity contribution in [3.8, 4) is 5.75 Å². The summed E-state index contributed by atoms with van der Waals surface area (Å²) >= 11 is 3.22. The second-order valence-corrected chi connectivity index (χ2v) is 4.64. The van der Waals surface area contributed by atoms with Gasteiger partial charge in [-0.2, -0.15) is 0 Å². The van der Waals surface area contributed by atoms with Crippen molar-refractivity contribution in [1.29, 1.82) is 0 Å². The summed E-state index contributed by atoms with van der Waals surface area (Å²) in [4.78, 5) is 10.8. The molecule has 0 heterocycles. The summed E-state index contributed by atoms with van der Waals surface area (Å²) in [6, 6.07) is 11.5. The van der Waals surface area contributed by atoms with E-state index in [9.17, 15) is 9.18 Å². The minimum atomic E-state index is -0.327. The zero-order valence-electron chi connectivity index (χ0n) is 9.40. The molecule has 2 aromatic carbocycles. The summed E-state index contributed by atoms with van der Waals surface area (Å²) in [5, 5.41) is 0. The average molecular weight is 309 g/mol. The third-order valence-corrected chi connectivity index (χ3v) is 2.82. The molecule has 92 valence electrons. The van der Waals surface area contributed by atoms with Crippen LogP contribution in [0.3, 0.4) is 0 Å². The number of hydrogen-bond donors (Lipinski definition) is 0. The molecule has 0 saturated heterocycles. The molecule has 0 fully saturated rings. The summed E-state index contributed by atoms with van der Waals surface area (Å²) in [7, 11) is 0. The van der Waals surface area contributed by atoms with Crippen LogP contribution in [0.25, 0.3) is 0 Å².